The molecule has 100 valence electrons. The molecule has 0 radical (unpaired) electrons. The molecule has 3 nitrogen and oxygen atoms in total. The highest BCUT2D eigenvalue weighted by molar-refractivity contribution is 5.66. The zero-order valence-corrected chi connectivity index (χ0v) is 9.34. The smallest absolute Gasteiger partial charge is 0.303 e. The standard InChI is InChI=1S/C11H10F4O3/c1-18-6-4-7(12)10(8(13)5-6)11(14,15)3-2-9(16)17/h4-5H,2-3H2,1H3,(H,16,17). The lowest BCUT2D eigenvalue weighted by atomic mass is 10.0. The van der Waals surface area contributed by atoms with Gasteiger partial charge in [-0.1, -0.05) is 0 Å². The van der Waals surface area contributed by atoms with Crippen LogP contribution in [-0.2, 0) is 10.7 Å². The fourth-order valence-corrected chi connectivity index (χ4v) is 1.41. The zero-order valence-electron chi connectivity index (χ0n) is 9.34. The first-order chi connectivity index (χ1) is 8.27. The summed E-state index contributed by atoms with van der Waals surface area (Å²) in [5.74, 6) is -8.53. The Kier molecular flexibility index (Phi) is 4.15. The van der Waals surface area contributed by atoms with E-state index in [0.717, 1.165) is 7.11 Å². The number of benzene rings is 1. The van der Waals surface area contributed by atoms with E-state index < -0.39 is 41.9 Å². The molecule has 0 aliphatic rings. The van der Waals surface area contributed by atoms with E-state index in [1.54, 1.807) is 0 Å². The van der Waals surface area contributed by atoms with Crippen LogP contribution < -0.4 is 4.74 Å². The Labute approximate surface area is 100.0 Å². The summed E-state index contributed by atoms with van der Waals surface area (Å²) < 4.78 is 58.2. The largest absolute Gasteiger partial charge is 0.497 e. The maximum atomic E-state index is 13.5. The predicted molar refractivity (Wildman–Crippen MR) is 53.7 cm³/mol. The van der Waals surface area contributed by atoms with Gasteiger partial charge in [-0.3, -0.25) is 4.79 Å². The van der Waals surface area contributed by atoms with Gasteiger partial charge in [0, 0.05) is 18.6 Å². The van der Waals surface area contributed by atoms with E-state index in [1.165, 1.54) is 0 Å². The molecular weight excluding hydrogens is 256 g/mol. The number of ether oxygens (including phenoxy) is 1. The van der Waals surface area contributed by atoms with Crippen molar-refractivity contribution in [2.24, 2.45) is 0 Å². The molecule has 7 heteroatoms. The number of halogens is 4. The van der Waals surface area contributed by atoms with Gasteiger partial charge in [-0.15, -0.1) is 0 Å². The minimum atomic E-state index is -3.89. The Balaban J connectivity index is 3.11. The number of hydrogen-bond donors (Lipinski definition) is 1. The van der Waals surface area contributed by atoms with Crippen LogP contribution in [0.3, 0.4) is 0 Å². The van der Waals surface area contributed by atoms with Crippen LogP contribution in [0.5, 0.6) is 5.75 Å². The second-order valence-electron chi connectivity index (χ2n) is 3.56. The van der Waals surface area contributed by atoms with Crippen LogP contribution in [0.4, 0.5) is 17.6 Å². The Morgan fingerprint density at radius 3 is 2.22 bits per heavy atom. The number of aliphatic carboxylic acids is 1. The van der Waals surface area contributed by atoms with Gasteiger partial charge in [0.25, 0.3) is 5.92 Å². The molecule has 1 N–H and O–H groups in total. The van der Waals surface area contributed by atoms with E-state index in [-0.39, 0.29) is 5.75 Å². The molecule has 1 aromatic carbocycles. The van der Waals surface area contributed by atoms with Gasteiger partial charge in [-0.25, -0.2) is 17.6 Å². The first kappa shape index (κ1) is 14.3. The van der Waals surface area contributed by atoms with Crippen LogP contribution in [0.15, 0.2) is 12.1 Å². The summed E-state index contributed by atoms with van der Waals surface area (Å²) in [6.45, 7) is 0. The maximum Gasteiger partial charge on any atom is 0.303 e. The van der Waals surface area contributed by atoms with Crippen molar-refractivity contribution in [1.29, 1.82) is 0 Å². The van der Waals surface area contributed by atoms with E-state index in [0.29, 0.717) is 12.1 Å². The molecule has 18 heavy (non-hydrogen) atoms. The Morgan fingerprint density at radius 1 is 1.33 bits per heavy atom. The van der Waals surface area contributed by atoms with E-state index in [1.807, 2.05) is 0 Å². The topological polar surface area (TPSA) is 46.5 Å². The summed E-state index contributed by atoms with van der Waals surface area (Å²) in [7, 11) is 1.14. The molecule has 0 aromatic heterocycles. The fraction of sp³-hybridized carbons (Fsp3) is 0.364. The Bertz CT molecular complexity index is 437. The average molecular weight is 266 g/mol. The van der Waals surface area contributed by atoms with Crippen LogP contribution in [0.1, 0.15) is 18.4 Å². The molecule has 0 saturated carbocycles. The Hall–Kier alpha value is -1.79. The summed E-state index contributed by atoms with van der Waals surface area (Å²) in [5, 5.41) is 8.30. The normalized spacial score (nSPS) is 11.4. The minimum Gasteiger partial charge on any atom is -0.497 e. The van der Waals surface area contributed by atoms with Crippen molar-refractivity contribution in [3.8, 4) is 5.75 Å². The lowest BCUT2D eigenvalue weighted by molar-refractivity contribution is -0.139. The molecule has 0 heterocycles. The highest BCUT2D eigenvalue weighted by atomic mass is 19.3. The predicted octanol–water partition coefficient (Wildman–Crippen LogP) is 2.93. The monoisotopic (exact) mass is 266 g/mol. The molecule has 0 unspecified atom stereocenters. The molecule has 0 atom stereocenters. The van der Waals surface area contributed by atoms with Gasteiger partial charge >= 0.3 is 5.97 Å². The van der Waals surface area contributed by atoms with Gasteiger partial charge in [-0.05, 0) is 0 Å². The van der Waals surface area contributed by atoms with Crippen molar-refractivity contribution in [1.82, 2.24) is 0 Å². The second kappa shape index (κ2) is 5.24. The van der Waals surface area contributed by atoms with Gasteiger partial charge in [-0.2, -0.15) is 0 Å². The highest BCUT2D eigenvalue weighted by Gasteiger charge is 2.38. The third kappa shape index (κ3) is 3.12. The second-order valence-corrected chi connectivity index (χ2v) is 3.56. The van der Waals surface area contributed by atoms with Gasteiger partial charge in [0.2, 0.25) is 0 Å². The van der Waals surface area contributed by atoms with E-state index >= 15 is 0 Å². The number of carboxylic acids is 1. The zero-order chi connectivity index (χ0) is 13.9. The molecule has 0 spiro atoms. The summed E-state index contributed by atoms with van der Waals surface area (Å²) >= 11 is 0. The van der Waals surface area contributed by atoms with Crippen LogP contribution in [0.2, 0.25) is 0 Å². The Morgan fingerprint density at radius 2 is 1.83 bits per heavy atom. The summed E-state index contributed by atoms with van der Waals surface area (Å²) in [4.78, 5) is 10.2. The van der Waals surface area contributed by atoms with Crippen molar-refractivity contribution in [2.45, 2.75) is 18.8 Å². The molecule has 0 saturated heterocycles. The van der Waals surface area contributed by atoms with Crippen LogP contribution >= 0.6 is 0 Å². The van der Waals surface area contributed by atoms with Crippen molar-refractivity contribution in [3.63, 3.8) is 0 Å². The number of carboxylic acid groups (broad SMARTS) is 1. The van der Waals surface area contributed by atoms with Crippen LogP contribution in [0.25, 0.3) is 0 Å². The van der Waals surface area contributed by atoms with Gasteiger partial charge in [0.05, 0.1) is 19.1 Å². The average Bonchev–Trinajstić information content (AvgIpc) is 2.25. The molecule has 0 fully saturated rings. The highest BCUT2D eigenvalue weighted by Crippen LogP contribution is 2.37. The van der Waals surface area contributed by atoms with Crippen molar-refractivity contribution >= 4 is 5.97 Å². The third-order valence-electron chi connectivity index (χ3n) is 2.27. The third-order valence-corrected chi connectivity index (χ3v) is 2.27. The number of hydrogen-bond acceptors (Lipinski definition) is 2. The number of methoxy groups -OCH3 is 1. The van der Waals surface area contributed by atoms with Crippen molar-refractivity contribution < 1.29 is 32.2 Å². The van der Waals surface area contributed by atoms with Crippen LogP contribution in [0, 0.1) is 11.6 Å². The number of rotatable bonds is 5. The molecule has 0 amide bonds. The lowest BCUT2D eigenvalue weighted by Crippen LogP contribution is -2.19. The maximum absolute atomic E-state index is 13.5. The van der Waals surface area contributed by atoms with Gasteiger partial charge in [0.1, 0.15) is 17.4 Å². The summed E-state index contributed by atoms with van der Waals surface area (Å²) in [6.07, 6.45) is -2.07. The summed E-state index contributed by atoms with van der Waals surface area (Å²) in [5.41, 5.74) is -1.44. The van der Waals surface area contributed by atoms with E-state index in [9.17, 15) is 22.4 Å². The van der Waals surface area contributed by atoms with Crippen molar-refractivity contribution in [3.05, 3.63) is 29.3 Å². The molecule has 0 aliphatic carbocycles. The minimum absolute atomic E-state index is 0.234. The first-order valence-electron chi connectivity index (χ1n) is 4.91. The molecule has 0 bridgehead atoms. The lowest BCUT2D eigenvalue weighted by Gasteiger charge is -2.17. The molecule has 1 rings (SSSR count). The quantitative estimate of drug-likeness (QED) is 0.833. The first-order valence-corrected chi connectivity index (χ1v) is 4.91. The molecule has 0 aliphatic heterocycles. The molecule has 1 aromatic rings. The van der Waals surface area contributed by atoms with E-state index in [4.69, 9.17) is 5.11 Å². The van der Waals surface area contributed by atoms with E-state index in [2.05, 4.69) is 4.74 Å². The molecular formula is C11H10F4O3. The summed E-state index contributed by atoms with van der Waals surface area (Å²) in [6, 6.07) is 1.24. The van der Waals surface area contributed by atoms with Gasteiger partial charge < -0.3 is 9.84 Å². The van der Waals surface area contributed by atoms with Crippen LogP contribution in [-0.4, -0.2) is 18.2 Å². The fourth-order valence-electron chi connectivity index (χ4n) is 1.41. The number of alkyl halides is 2. The van der Waals surface area contributed by atoms with Gasteiger partial charge in [0.15, 0.2) is 0 Å². The number of carbonyl (C=O) groups is 1. The van der Waals surface area contributed by atoms with Crippen molar-refractivity contribution in [2.75, 3.05) is 7.11 Å². The SMILES string of the molecule is COc1cc(F)c(C(F)(F)CCC(=O)O)c(F)c1.